The summed E-state index contributed by atoms with van der Waals surface area (Å²) in [7, 11) is 0. The van der Waals surface area contributed by atoms with Crippen molar-refractivity contribution in [1.29, 1.82) is 0 Å². The van der Waals surface area contributed by atoms with Crippen LogP contribution in [-0.4, -0.2) is 10.1 Å². The molecule has 3 heteroatoms. The summed E-state index contributed by atoms with van der Waals surface area (Å²) in [5.41, 5.74) is 1.58. The third kappa shape index (κ3) is 3.27. The van der Waals surface area contributed by atoms with Crippen LogP contribution < -0.4 is 4.74 Å². The van der Waals surface area contributed by atoms with E-state index in [0.717, 1.165) is 16.9 Å². The standard InChI is InChI=1S/C18H15NO2/c20-18(14-7-3-1-4-8-14)15-11-12-17(19-13-15)21-16-9-5-2-6-10-16/h1-13,18,20H/t18-/m1/s1. The highest BCUT2D eigenvalue weighted by atomic mass is 16.5. The summed E-state index contributed by atoms with van der Waals surface area (Å²) in [5, 5.41) is 10.3. The molecule has 0 unspecified atom stereocenters. The van der Waals surface area contributed by atoms with Gasteiger partial charge in [0.15, 0.2) is 0 Å². The molecule has 104 valence electrons. The van der Waals surface area contributed by atoms with Gasteiger partial charge in [-0.1, -0.05) is 48.5 Å². The van der Waals surface area contributed by atoms with E-state index in [1.54, 1.807) is 12.3 Å². The summed E-state index contributed by atoms with van der Waals surface area (Å²) in [6.07, 6.45) is 0.958. The molecule has 1 N–H and O–H groups in total. The zero-order valence-corrected chi connectivity index (χ0v) is 11.4. The van der Waals surface area contributed by atoms with E-state index in [2.05, 4.69) is 4.98 Å². The first-order valence-electron chi connectivity index (χ1n) is 6.75. The number of pyridine rings is 1. The average molecular weight is 277 g/mol. The number of para-hydroxylation sites is 1. The molecule has 1 aromatic heterocycles. The Morgan fingerprint density at radius 1 is 0.762 bits per heavy atom. The van der Waals surface area contributed by atoms with Gasteiger partial charge in [-0.2, -0.15) is 0 Å². The van der Waals surface area contributed by atoms with Gasteiger partial charge in [-0.3, -0.25) is 0 Å². The minimum atomic E-state index is -0.676. The highest BCUT2D eigenvalue weighted by Gasteiger charge is 2.10. The molecule has 0 aliphatic rings. The van der Waals surface area contributed by atoms with Gasteiger partial charge in [0, 0.05) is 17.8 Å². The van der Waals surface area contributed by atoms with E-state index in [9.17, 15) is 5.11 Å². The molecule has 3 aromatic rings. The average Bonchev–Trinajstić information content (AvgIpc) is 2.57. The predicted molar refractivity (Wildman–Crippen MR) is 81.3 cm³/mol. The molecule has 1 heterocycles. The smallest absolute Gasteiger partial charge is 0.219 e. The van der Waals surface area contributed by atoms with Crippen LogP contribution in [0, 0.1) is 0 Å². The molecule has 0 saturated heterocycles. The van der Waals surface area contributed by atoms with Crippen LogP contribution in [-0.2, 0) is 0 Å². The van der Waals surface area contributed by atoms with E-state index in [0.29, 0.717) is 5.88 Å². The topological polar surface area (TPSA) is 42.4 Å². The largest absolute Gasteiger partial charge is 0.439 e. The molecular weight excluding hydrogens is 262 g/mol. The Labute approximate surface area is 123 Å². The first kappa shape index (κ1) is 13.3. The Morgan fingerprint density at radius 2 is 1.43 bits per heavy atom. The molecule has 0 radical (unpaired) electrons. The number of nitrogens with zero attached hydrogens (tertiary/aromatic N) is 1. The van der Waals surface area contributed by atoms with Crippen LogP contribution in [0.5, 0.6) is 11.6 Å². The van der Waals surface area contributed by atoms with E-state index < -0.39 is 6.10 Å². The van der Waals surface area contributed by atoms with Crippen LogP contribution >= 0.6 is 0 Å². The van der Waals surface area contributed by atoms with Gasteiger partial charge in [0.1, 0.15) is 11.9 Å². The number of aromatic nitrogens is 1. The number of hydrogen-bond acceptors (Lipinski definition) is 3. The fourth-order valence-electron chi connectivity index (χ4n) is 2.05. The van der Waals surface area contributed by atoms with Gasteiger partial charge in [0.25, 0.3) is 0 Å². The van der Waals surface area contributed by atoms with Gasteiger partial charge in [0.05, 0.1) is 0 Å². The van der Waals surface area contributed by atoms with Gasteiger partial charge in [-0.25, -0.2) is 4.98 Å². The molecule has 0 saturated carbocycles. The van der Waals surface area contributed by atoms with Crippen LogP contribution in [0.1, 0.15) is 17.2 Å². The monoisotopic (exact) mass is 277 g/mol. The molecule has 0 aliphatic carbocycles. The molecule has 0 bridgehead atoms. The fourth-order valence-corrected chi connectivity index (χ4v) is 2.05. The lowest BCUT2D eigenvalue weighted by Gasteiger charge is -2.11. The fraction of sp³-hybridized carbons (Fsp3) is 0.0556. The maximum absolute atomic E-state index is 10.3. The van der Waals surface area contributed by atoms with Crippen molar-refractivity contribution < 1.29 is 9.84 Å². The Morgan fingerprint density at radius 3 is 2.05 bits per heavy atom. The molecule has 0 fully saturated rings. The number of hydrogen-bond donors (Lipinski definition) is 1. The third-order valence-electron chi connectivity index (χ3n) is 3.16. The van der Waals surface area contributed by atoms with Crippen LogP contribution in [0.25, 0.3) is 0 Å². The molecule has 2 aromatic carbocycles. The maximum atomic E-state index is 10.3. The van der Waals surface area contributed by atoms with Crippen LogP contribution in [0.3, 0.4) is 0 Å². The van der Waals surface area contributed by atoms with Gasteiger partial charge in [0.2, 0.25) is 5.88 Å². The molecule has 3 nitrogen and oxygen atoms in total. The van der Waals surface area contributed by atoms with E-state index in [1.807, 2.05) is 66.7 Å². The summed E-state index contributed by atoms with van der Waals surface area (Å²) >= 11 is 0. The van der Waals surface area contributed by atoms with Gasteiger partial charge in [-0.05, 0) is 23.8 Å². The molecule has 3 rings (SSSR count). The number of aliphatic hydroxyl groups excluding tert-OH is 1. The first-order valence-corrected chi connectivity index (χ1v) is 6.75. The SMILES string of the molecule is O[C@H](c1ccccc1)c1ccc(Oc2ccccc2)nc1. The van der Waals surface area contributed by atoms with E-state index in [4.69, 9.17) is 4.74 Å². The van der Waals surface area contributed by atoms with E-state index >= 15 is 0 Å². The van der Waals surface area contributed by atoms with Crippen molar-refractivity contribution in [2.45, 2.75) is 6.10 Å². The van der Waals surface area contributed by atoms with Crippen molar-refractivity contribution in [3.8, 4) is 11.6 Å². The van der Waals surface area contributed by atoms with Crippen molar-refractivity contribution in [2.75, 3.05) is 0 Å². The third-order valence-corrected chi connectivity index (χ3v) is 3.16. The maximum Gasteiger partial charge on any atom is 0.219 e. The Kier molecular flexibility index (Phi) is 3.94. The van der Waals surface area contributed by atoms with Crippen LogP contribution in [0.2, 0.25) is 0 Å². The summed E-state index contributed by atoms with van der Waals surface area (Å²) in [4.78, 5) is 4.24. The van der Waals surface area contributed by atoms with Crippen molar-refractivity contribution in [2.24, 2.45) is 0 Å². The lowest BCUT2D eigenvalue weighted by Crippen LogP contribution is -2.00. The molecule has 0 spiro atoms. The second-order valence-corrected chi connectivity index (χ2v) is 4.66. The lowest BCUT2D eigenvalue weighted by atomic mass is 10.0. The molecule has 0 aliphatic heterocycles. The zero-order chi connectivity index (χ0) is 14.5. The van der Waals surface area contributed by atoms with E-state index in [1.165, 1.54) is 0 Å². The highest BCUT2D eigenvalue weighted by Crippen LogP contribution is 2.24. The van der Waals surface area contributed by atoms with Crippen LogP contribution in [0.15, 0.2) is 79.0 Å². The lowest BCUT2D eigenvalue weighted by molar-refractivity contribution is 0.219. The quantitative estimate of drug-likeness (QED) is 0.785. The second kappa shape index (κ2) is 6.20. The first-order chi connectivity index (χ1) is 10.3. The molecule has 21 heavy (non-hydrogen) atoms. The van der Waals surface area contributed by atoms with Gasteiger partial charge >= 0.3 is 0 Å². The Hall–Kier alpha value is -2.65. The predicted octanol–water partition coefficient (Wildman–Crippen LogP) is 3.96. The second-order valence-electron chi connectivity index (χ2n) is 4.66. The highest BCUT2D eigenvalue weighted by molar-refractivity contribution is 5.31. The number of aliphatic hydroxyl groups is 1. The molecule has 0 amide bonds. The summed E-state index contributed by atoms with van der Waals surface area (Å²) < 4.78 is 5.63. The number of benzene rings is 2. The molecular formula is C18H15NO2. The van der Waals surface area contributed by atoms with Crippen molar-refractivity contribution in [1.82, 2.24) is 4.98 Å². The summed E-state index contributed by atoms with van der Waals surface area (Å²) in [6.45, 7) is 0. The summed E-state index contributed by atoms with van der Waals surface area (Å²) in [5.74, 6) is 1.24. The Bertz CT molecular complexity index is 681. The minimum Gasteiger partial charge on any atom is -0.439 e. The van der Waals surface area contributed by atoms with Crippen molar-refractivity contribution in [3.63, 3.8) is 0 Å². The summed E-state index contributed by atoms with van der Waals surface area (Å²) in [6, 6.07) is 22.6. The van der Waals surface area contributed by atoms with Gasteiger partial charge < -0.3 is 9.84 Å². The minimum absolute atomic E-state index is 0.505. The zero-order valence-electron chi connectivity index (χ0n) is 11.4. The van der Waals surface area contributed by atoms with Crippen molar-refractivity contribution in [3.05, 3.63) is 90.1 Å². The number of rotatable bonds is 4. The van der Waals surface area contributed by atoms with Crippen molar-refractivity contribution >= 4 is 0 Å². The number of ether oxygens (including phenoxy) is 1. The van der Waals surface area contributed by atoms with Crippen LogP contribution in [0.4, 0.5) is 0 Å². The Balaban J connectivity index is 1.75. The van der Waals surface area contributed by atoms with E-state index in [-0.39, 0.29) is 0 Å². The molecule has 1 atom stereocenters. The van der Waals surface area contributed by atoms with Gasteiger partial charge in [-0.15, -0.1) is 0 Å². The normalized spacial score (nSPS) is 11.9.